The van der Waals surface area contributed by atoms with Gasteiger partial charge in [-0.25, -0.2) is 17.6 Å². The minimum absolute atomic E-state index is 0.0256. The molecule has 140 valence electrons. The number of hydrogen-bond acceptors (Lipinski definition) is 2. The molecule has 2 aromatic carbocycles. The number of aliphatic hydroxyl groups excluding tert-OH is 1. The Bertz CT molecular complexity index is 1090. The van der Waals surface area contributed by atoms with Gasteiger partial charge in [0, 0.05) is 28.3 Å². The Kier molecular flexibility index (Phi) is 5.41. The van der Waals surface area contributed by atoms with E-state index < -0.39 is 46.8 Å². The van der Waals surface area contributed by atoms with E-state index in [4.69, 9.17) is 11.6 Å². The van der Waals surface area contributed by atoms with Gasteiger partial charge in [-0.1, -0.05) is 11.6 Å². The van der Waals surface area contributed by atoms with E-state index in [0.29, 0.717) is 16.7 Å². The molecule has 0 saturated heterocycles. The molecule has 0 fully saturated rings. The van der Waals surface area contributed by atoms with Gasteiger partial charge in [0.25, 0.3) is 5.56 Å². The monoisotopic (exact) mass is 461 g/mol. The number of benzene rings is 2. The molecule has 1 N–H and O–H groups in total. The van der Waals surface area contributed by atoms with Gasteiger partial charge in [0.05, 0.1) is 15.7 Å². The minimum atomic E-state index is -1.30. The first-order valence-corrected chi connectivity index (χ1v) is 8.56. The third kappa shape index (κ3) is 3.52. The molecule has 3 nitrogen and oxygen atoms in total. The Morgan fingerprint density at radius 2 is 1.59 bits per heavy atom. The van der Waals surface area contributed by atoms with Crippen LogP contribution in [0.15, 0.2) is 45.7 Å². The number of nitrogens with zero attached hydrogens (tertiary/aromatic N) is 1. The standard InChI is InChI=1S/C18H9BrClF4NO2/c19-12-6-11(10-3-8(21)1-2-13(10)20)17(25(7-26)18(12)27)16-14(23)4-9(22)5-15(16)24/h1-6,26H,7H2. The summed E-state index contributed by atoms with van der Waals surface area (Å²) in [6.45, 7) is -0.941. The second-order valence-electron chi connectivity index (χ2n) is 5.50. The topological polar surface area (TPSA) is 42.2 Å². The Morgan fingerprint density at radius 3 is 2.19 bits per heavy atom. The summed E-state index contributed by atoms with van der Waals surface area (Å²) in [7, 11) is 0. The molecule has 0 spiro atoms. The van der Waals surface area contributed by atoms with Gasteiger partial charge >= 0.3 is 0 Å². The highest BCUT2D eigenvalue weighted by atomic mass is 79.9. The van der Waals surface area contributed by atoms with Crippen LogP contribution >= 0.6 is 27.5 Å². The fourth-order valence-corrected chi connectivity index (χ4v) is 3.38. The fraction of sp³-hybridized carbons (Fsp3) is 0.0556. The predicted molar refractivity (Wildman–Crippen MR) is 96.3 cm³/mol. The van der Waals surface area contributed by atoms with Crippen LogP contribution in [0.4, 0.5) is 17.6 Å². The molecule has 3 rings (SSSR count). The smallest absolute Gasteiger partial charge is 0.267 e. The molecule has 0 aliphatic heterocycles. The summed E-state index contributed by atoms with van der Waals surface area (Å²) < 4.78 is 56.5. The zero-order chi connectivity index (χ0) is 19.9. The van der Waals surface area contributed by atoms with Crippen molar-refractivity contribution in [2.75, 3.05) is 0 Å². The zero-order valence-corrected chi connectivity index (χ0v) is 15.6. The van der Waals surface area contributed by atoms with E-state index in [1.165, 1.54) is 12.1 Å². The van der Waals surface area contributed by atoms with Crippen molar-refractivity contribution in [3.8, 4) is 22.4 Å². The largest absolute Gasteiger partial charge is 0.376 e. The Labute approximate surface area is 163 Å². The van der Waals surface area contributed by atoms with Crippen LogP contribution in [-0.2, 0) is 6.73 Å². The lowest BCUT2D eigenvalue weighted by molar-refractivity contribution is 0.207. The summed E-state index contributed by atoms with van der Waals surface area (Å²) in [5.74, 6) is -4.44. The van der Waals surface area contributed by atoms with Crippen molar-refractivity contribution in [3.05, 3.63) is 79.5 Å². The van der Waals surface area contributed by atoms with Gasteiger partial charge in [-0.3, -0.25) is 9.36 Å². The molecule has 0 unspecified atom stereocenters. The maximum atomic E-state index is 14.4. The summed E-state index contributed by atoms with van der Waals surface area (Å²) in [5, 5.41) is 9.67. The first-order chi connectivity index (χ1) is 12.7. The van der Waals surface area contributed by atoms with Crippen molar-refractivity contribution in [1.29, 1.82) is 0 Å². The number of aliphatic hydroxyl groups is 1. The molecule has 3 aromatic rings. The van der Waals surface area contributed by atoms with Gasteiger partial charge in [0.1, 0.15) is 30.0 Å². The molecule has 0 atom stereocenters. The van der Waals surface area contributed by atoms with E-state index in [1.807, 2.05) is 0 Å². The van der Waals surface area contributed by atoms with Crippen molar-refractivity contribution in [2.24, 2.45) is 0 Å². The van der Waals surface area contributed by atoms with E-state index in [-0.39, 0.29) is 20.6 Å². The van der Waals surface area contributed by atoms with Crippen LogP contribution in [0.2, 0.25) is 5.02 Å². The second-order valence-corrected chi connectivity index (χ2v) is 6.76. The van der Waals surface area contributed by atoms with Gasteiger partial charge < -0.3 is 5.11 Å². The maximum absolute atomic E-state index is 14.4. The normalized spacial score (nSPS) is 11.1. The molecule has 0 bridgehead atoms. The molecule has 0 amide bonds. The van der Waals surface area contributed by atoms with Gasteiger partial charge in [-0.15, -0.1) is 0 Å². The lowest BCUT2D eigenvalue weighted by Gasteiger charge is -2.18. The van der Waals surface area contributed by atoms with Crippen molar-refractivity contribution >= 4 is 27.5 Å². The molecule has 27 heavy (non-hydrogen) atoms. The van der Waals surface area contributed by atoms with E-state index in [9.17, 15) is 27.5 Å². The highest BCUT2D eigenvalue weighted by Crippen LogP contribution is 2.39. The van der Waals surface area contributed by atoms with Gasteiger partial charge in [-0.2, -0.15) is 0 Å². The van der Waals surface area contributed by atoms with E-state index in [2.05, 4.69) is 15.9 Å². The SMILES string of the molecule is O=c1c(Br)cc(-c2cc(F)ccc2Cl)c(-c2c(F)cc(F)cc2F)n1CO. The molecule has 0 saturated carbocycles. The highest BCUT2D eigenvalue weighted by Gasteiger charge is 2.24. The molecule has 0 aliphatic rings. The van der Waals surface area contributed by atoms with Crippen LogP contribution in [0.3, 0.4) is 0 Å². The van der Waals surface area contributed by atoms with Crippen molar-refractivity contribution < 1.29 is 22.7 Å². The highest BCUT2D eigenvalue weighted by molar-refractivity contribution is 9.10. The maximum Gasteiger partial charge on any atom is 0.267 e. The average Bonchev–Trinajstić information content (AvgIpc) is 2.59. The Morgan fingerprint density at radius 1 is 0.963 bits per heavy atom. The number of pyridine rings is 1. The molecule has 9 heteroatoms. The molecular formula is C18H9BrClF4NO2. The van der Waals surface area contributed by atoms with Gasteiger partial charge in [0.2, 0.25) is 0 Å². The first-order valence-electron chi connectivity index (χ1n) is 7.39. The molecule has 1 heterocycles. The van der Waals surface area contributed by atoms with E-state index in [1.54, 1.807) is 0 Å². The summed E-state index contributed by atoms with van der Waals surface area (Å²) in [6.07, 6.45) is 0. The molecular weight excluding hydrogens is 454 g/mol. The third-order valence-corrected chi connectivity index (χ3v) is 4.75. The first kappa shape index (κ1) is 19.6. The van der Waals surface area contributed by atoms with Crippen LogP contribution in [0.1, 0.15) is 0 Å². The van der Waals surface area contributed by atoms with Crippen LogP contribution in [-0.4, -0.2) is 9.67 Å². The van der Waals surface area contributed by atoms with Crippen molar-refractivity contribution in [3.63, 3.8) is 0 Å². The van der Waals surface area contributed by atoms with Gasteiger partial charge in [-0.05, 0) is 40.2 Å². The summed E-state index contributed by atoms with van der Waals surface area (Å²) in [5.41, 5.74) is -1.98. The van der Waals surface area contributed by atoms with E-state index in [0.717, 1.165) is 12.1 Å². The number of halogens is 6. The average molecular weight is 463 g/mol. The fourth-order valence-electron chi connectivity index (χ4n) is 2.71. The molecule has 0 radical (unpaired) electrons. The van der Waals surface area contributed by atoms with Crippen molar-refractivity contribution in [2.45, 2.75) is 6.73 Å². The predicted octanol–water partition coefficient (Wildman–Crippen LogP) is 5.10. The number of rotatable bonds is 3. The lowest BCUT2D eigenvalue weighted by Crippen LogP contribution is -2.24. The lowest BCUT2D eigenvalue weighted by atomic mass is 9.97. The summed E-state index contributed by atoms with van der Waals surface area (Å²) >= 11 is 9.11. The molecule has 0 aliphatic carbocycles. The minimum Gasteiger partial charge on any atom is -0.376 e. The van der Waals surface area contributed by atoms with Crippen LogP contribution in [0.25, 0.3) is 22.4 Å². The van der Waals surface area contributed by atoms with Crippen LogP contribution < -0.4 is 5.56 Å². The number of aromatic nitrogens is 1. The molecule has 1 aromatic heterocycles. The van der Waals surface area contributed by atoms with Gasteiger partial charge in [0.15, 0.2) is 0 Å². The van der Waals surface area contributed by atoms with Crippen LogP contribution in [0.5, 0.6) is 0 Å². The Hall–Kier alpha value is -2.16. The second kappa shape index (κ2) is 7.46. The van der Waals surface area contributed by atoms with Crippen LogP contribution in [0, 0.1) is 23.3 Å². The summed E-state index contributed by atoms with van der Waals surface area (Å²) in [6, 6.07) is 5.40. The van der Waals surface area contributed by atoms with E-state index >= 15 is 0 Å². The Balaban J connectivity index is 2.52. The third-order valence-electron chi connectivity index (χ3n) is 3.85. The van der Waals surface area contributed by atoms with Crippen molar-refractivity contribution in [1.82, 2.24) is 4.57 Å². The quantitative estimate of drug-likeness (QED) is 0.550. The summed E-state index contributed by atoms with van der Waals surface area (Å²) in [4.78, 5) is 12.3. The number of hydrogen-bond donors (Lipinski definition) is 1. The zero-order valence-electron chi connectivity index (χ0n) is 13.2.